The second kappa shape index (κ2) is 5.34. The van der Waals surface area contributed by atoms with Crippen molar-refractivity contribution in [2.24, 2.45) is 11.8 Å². The van der Waals surface area contributed by atoms with Crippen molar-refractivity contribution in [1.82, 2.24) is 0 Å². The number of rotatable bonds is 2. The molecule has 0 bridgehead atoms. The van der Waals surface area contributed by atoms with Crippen molar-refractivity contribution in [1.29, 1.82) is 0 Å². The summed E-state index contributed by atoms with van der Waals surface area (Å²) >= 11 is 0. The molecule has 2 heterocycles. The minimum absolute atomic E-state index is 0.0151. The molecule has 3 atom stereocenters. The van der Waals surface area contributed by atoms with E-state index in [0.29, 0.717) is 5.92 Å². The summed E-state index contributed by atoms with van der Waals surface area (Å²) in [7, 11) is 0. The minimum atomic E-state index is -0.407. The van der Waals surface area contributed by atoms with Crippen molar-refractivity contribution in [3.8, 4) is 0 Å². The third-order valence-electron chi connectivity index (χ3n) is 5.86. The van der Waals surface area contributed by atoms with Crippen molar-refractivity contribution >= 4 is 0 Å². The molecule has 0 aromatic rings. The van der Waals surface area contributed by atoms with Gasteiger partial charge in [0.15, 0.2) is 0 Å². The van der Waals surface area contributed by atoms with Gasteiger partial charge in [-0.1, -0.05) is 13.3 Å². The van der Waals surface area contributed by atoms with Gasteiger partial charge in [-0.15, -0.1) is 0 Å². The van der Waals surface area contributed by atoms with Crippen LogP contribution in [0.5, 0.6) is 0 Å². The summed E-state index contributed by atoms with van der Waals surface area (Å²) in [4.78, 5) is 0. The minimum Gasteiger partial charge on any atom is -0.390 e. The van der Waals surface area contributed by atoms with E-state index in [2.05, 4.69) is 6.92 Å². The molecule has 2 saturated heterocycles. The maximum absolute atomic E-state index is 11.0. The van der Waals surface area contributed by atoms with E-state index in [1.807, 2.05) is 0 Å². The fraction of sp³-hybridized carbons (Fsp3) is 1.00. The molecule has 0 aromatic carbocycles. The number of hydrogen-bond donors (Lipinski definition) is 1. The quantitative estimate of drug-likeness (QED) is 0.837. The van der Waals surface area contributed by atoms with Gasteiger partial charge in [-0.3, -0.25) is 0 Å². The molecule has 1 N–H and O–H groups in total. The van der Waals surface area contributed by atoms with Crippen molar-refractivity contribution in [2.75, 3.05) is 19.8 Å². The van der Waals surface area contributed by atoms with Crippen LogP contribution < -0.4 is 0 Å². The lowest BCUT2D eigenvalue weighted by atomic mass is 9.72. The van der Waals surface area contributed by atoms with E-state index >= 15 is 0 Å². The Morgan fingerprint density at radius 2 is 1.84 bits per heavy atom. The first-order valence-electron chi connectivity index (χ1n) is 8.10. The Balaban J connectivity index is 1.68. The van der Waals surface area contributed by atoms with E-state index in [4.69, 9.17) is 9.47 Å². The zero-order valence-corrected chi connectivity index (χ0v) is 12.2. The highest BCUT2D eigenvalue weighted by atomic mass is 16.5. The van der Waals surface area contributed by atoms with Gasteiger partial charge in [0.2, 0.25) is 0 Å². The van der Waals surface area contributed by atoms with Crippen LogP contribution in [0.15, 0.2) is 0 Å². The SMILES string of the molecule is CCC1CCC(O)(C2CCOC3(CCOCC3)C2)C1. The van der Waals surface area contributed by atoms with Crippen molar-refractivity contribution in [3.63, 3.8) is 0 Å². The van der Waals surface area contributed by atoms with E-state index in [0.717, 1.165) is 64.3 Å². The largest absolute Gasteiger partial charge is 0.390 e. The molecule has 0 aromatic heterocycles. The van der Waals surface area contributed by atoms with Crippen molar-refractivity contribution in [2.45, 2.75) is 69.5 Å². The van der Waals surface area contributed by atoms with Crippen LogP contribution in [0.1, 0.15) is 58.3 Å². The number of aliphatic hydroxyl groups is 1. The maximum Gasteiger partial charge on any atom is 0.0730 e. The average molecular weight is 268 g/mol. The predicted molar refractivity (Wildman–Crippen MR) is 74.0 cm³/mol. The lowest BCUT2D eigenvalue weighted by Crippen LogP contribution is -2.50. The third-order valence-corrected chi connectivity index (χ3v) is 5.86. The summed E-state index contributed by atoms with van der Waals surface area (Å²) < 4.78 is 11.6. The van der Waals surface area contributed by atoms with Gasteiger partial charge in [0.25, 0.3) is 0 Å². The molecule has 110 valence electrons. The van der Waals surface area contributed by atoms with Gasteiger partial charge >= 0.3 is 0 Å². The van der Waals surface area contributed by atoms with Gasteiger partial charge in [0.05, 0.1) is 11.2 Å². The van der Waals surface area contributed by atoms with Gasteiger partial charge in [0, 0.05) is 19.8 Å². The van der Waals surface area contributed by atoms with Gasteiger partial charge in [-0.2, -0.15) is 0 Å². The van der Waals surface area contributed by atoms with Crippen LogP contribution in [-0.2, 0) is 9.47 Å². The summed E-state index contributed by atoms with van der Waals surface area (Å²) in [6.07, 6.45) is 8.54. The monoisotopic (exact) mass is 268 g/mol. The Bertz CT molecular complexity index is 306. The van der Waals surface area contributed by atoms with Crippen LogP contribution >= 0.6 is 0 Å². The molecule has 1 spiro atoms. The molecule has 3 heteroatoms. The summed E-state index contributed by atoms with van der Waals surface area (Å²) in [6.45, 7) is 4.72. The van der Waals surface area contributed by atoms with Crippen LogP contribution in [-0.4, -0.2) is 36.1 Å². The molecular weight excluding hydrogens is 240 g/mol. The van der Waals surface area contributed by atoms with E-state index in [1.54, 1.807) is 0 Å². The molecule has 0 amide bonds. The zero-order valence-electron chi connectivity index (χ0n) is 12.2. The van der Waals surface area contributed by atoms with Crippen LogP contribution in [0.2, 0.25) is 0 Å². The fourth-order valence-corrected chi connectivity index (χ4v) is 4.46. The van der Waals surface area contributed by atoms with Crippen LogP contribution in [0, 0.1) is 11.8 Å². The lowest BCUT2D eigenvalue weighted by Gasteiger charge is -2.47. The number of ether oxygens (including phenoxy) is 2. The third kappa shape index (κ3) is 2.70. The molecule has 3 rings (SSSR count). The smallest absolute Gasteiger partial charge is 0.0730 e. The molecule has 19 heavy (non-hydrogen) atoms. The predicted octanol–water partition coefficient (Wildman–Crippen LogP) is 2.90. The first-order valence-corrected chi connectivity index (χ1v) is 8.10. The van der Waals surface area contributed by atoms with E-state index in [-0.39, 0.29) is 5.60 Å². The summed E-state index contributed by atoms with van der Waals surface area (Å²) in [5, 5.41) is 11.0. The first kappa shape index (κ1) is 13.8. The average Bonchev–Trinajstić information content (AvgIpc) is 2.83. The Morgan fingerprint density at radius 1 is 1.05 bits per heavy atom. The molecule has 0 radical (unpaired) electrons. The Morgan fingerprint density at radius 3 is 2.53 bits per heavy atom. The molecule has 2 aliphatic heterocycles. The van der Waals surface area contributed by atoms with Crippen LogP contribution in [0.25, 0.3) is 0 Å². The molecule has 1 aliphatic carbocycles. The highest BCUT2D eigenvalue weighted by molar-refractivity contribution is 5.00. The summed E-state index contributed by atoms with van der Waals surface area (Å²) in [5.74, 6) is 1.18. The van der Waals surface area contributed by atoms with Gasteiger partial charge in [-0.05, 0) is 56.8 Å². The molecule has 3 fully saturated rings. The second-order valence-electron chi connectivity index (χ2n) is 6.95. The summed E-state index contributed by atoms with van der Waals surface area (Å²) in [6, 6.07) is 0. The highest BCUT2D eigenvalue weighted by Crippen LogP contribution is 2.48. The van der Waals surface area contributed by atoms with Crippen LogP contribution in [0.3, 0.4) is 0 Å². The van der Waals surface area contributed by atoms with E-state index in [9.17, 15) is 5.11 Å². The van der Waals surface area contributed by atoms with E-state index < -0.39 is 5.60 Å². The molecule has 1 saturated carbocycles. The van der Waals surface area contributed by atoms with Gasteiger partial charge < -0.3 is 14.6 Å². The molecule has 3 nitrogen and oxygen atoms in total. The topological polar surface area (TPSA) is 38.7 Å². The number of hydrogen-bond acceptors (Lipinski definition) is 3. The second-order valence-corrected chi connectivity index (χ2v) is 6.95. The standard InChI is InChI=1S/C16H28O3/c1-2-13-3-5-16(17,11-13)14-4-8-19-15(12-14)6-9-18-10-7-15/h13-14,17H,2-12H2,1H3. The maximum atomic E-state index is 11.0. The van der Waals surface area contributed by atoms with Crippen LogP contribution in [0.4, 0.5) is 0 Å². The van der Waals surface area contributed by atoms with Gasteiger partial charge in [0.1, 0.15) is 0 Å². The lowest BCUT2D eigenvalue weighted by molar-refractivity contribution is -0.174. The van der Waals surface area contributed by atoms with E-state index in [1.165, 1.54) is 12.8 Å². The fourth-order valence-electron chi connectivity index (χ4n) is 4.46. The van der Waals surface area contributed by atoms with Crippen molar-refractivity contribution < 1.29 is 14.6 Å². The Labute approximate surface area is 116 Å². The Kier molecular flexibility index (Phi) is 3.89. The molecule has 3 aliphatic rings. The molecule has 3 unspecified atom stereocenters. The molecular formula is C16H28O3. The first-order chi connectivity index (χ1) is 9.16. The van der Waals surface area contributed by atoms with Gasteiger partial charge in [-0.25, -0.2) is 0 Å². The van der Waals surface area contributed by atoms with Crippen molar-refractivity contribution in [3.05, 3.63) is 0 Å². The zero-order chi connectivity index (χ0) is 13.3. The summed E-state index contributed by atoms with van der Waals surface area (Å²) in [5.41, 5.74) is -0.392. The highest BCUT2D eigenvalue weighted by Gasteiger charge is 2.49. The normalized spacial score (nSPS) is 42.6. The Hall–Kier alpha value is -0.120.